The topological polar surface area (TPSA) is 78.7 Å². The lowest BCUT2D eigenvalue weighted by Gasteiger charge is -2.19. The molecule has 1 aliphatic rings. The Morgan fingerprint density at radius 3 is 2.71 bits per heavy atom. The van der Waals surface area contributed by atoms with Crippen molar-refractivity contribution in [2.24, 2.45) is 0 Å². The highest BCUT2D eigenvalue weighted by Crippen LogP contribution is 2.31. The zero-order chi connectivity index (χ0) is 15.6. The van der Waals surface area contributed by atoms with Gasteiger partial charge in [0, 0.05) is 44.9 Å². The van der Waals surface area contributed by atoms with E-state index >= 15 is 0 Å². The predicted octanol–water partition coefficient (Wildman–Crippen LogP) is 1.09. The van der Waals surface area contributed by atoms with E-state index < -0.39 is 4.92 Å². The Labute approximate surface area is 123 Å². The van der Waals surface area contributed by atoms with Crippen LogP contribution in [0.1, 0.15) is 16.8 Å². The molecule has 0 bridgehead atoms. The zero-order valence-corrected chi connectivity index (χ0v) is 12.5. The SMILES string of the molecule is CNC1CCN(c2ccc(C(=O)N(C)C)cc2[N+](=O)[O-])C1. The molecule has 7 heteroatoms. The van der Waals surface area contributed by atoms with E-state index in [1.54, 1.807) is 26.2 Å². The van der Waals surface area contributed by atoms with E-state index in [-0.39, 0.29) is 11.6 Å². The first-order valence-electron chi connectivity index (χ1n) is 6.86. The van der Waals surface area contributed by atoms with Crippen molar-refractivity contribution in [1.82, 2.24) is 10.2 Å². The van der Waals surface area contributed by atoms with Gasteiger partial charge in [0.25, 0.3) is 11.6 Å². The van der Waals surface area contributed by atoms with Crippen molar-refractivity contribution in [3.8, 4) is 0 Å². The molecule has 1 aromatic carbocycles. The molecule has 0 saturated carbocycles. The smallest absolute Gasteiger partial charge is 0.293 e. The van der Waals surface area contributed by atoms with E-state index in [0.717, 1.165) is 19.5 Å². The number of carbonyl (C=O) groups is 1. The summed E-state index contributed by atoms with van der Waals surface area (Å²) in [6.45, 7) is 1.51. The average Bonchev–Trinajstić information content (AvgIpc) is 2.94. The molecule has 114 valence electrons. The van der Waals surface area contributed by atoms with Crippen LogP contribution in [0.25, 0.3) is 0 Å². The van der Waals surface area contributed by atoms with Crippen molar-refractivity contribution < 1.29 is 9.72 Å². The number of nitrogens with one attached hydrogen (secondary N) is 1. The largest absolute Gasteiger partial charge is 0.364 e. The van der Waals surface area contributed by atoms with Crippen LogP contribution < -0.4 is 10.2 Å². The molecule has 21 heavy (non-hydrogen) atoms. The Morgan fingerprint density at radius 2 is 2.19 bits per heavy atom. The standard InChI is InChI=1S/C14H20N4O3/c1-15-11-6-7-17(9-11)12-5-4-10(14(19)16(2)3)8-13(12)18(20)21/h4-5,8,11,15H,6-7,9H2,1-3H3. The maximum atomic E-state index is 11.9. The van der Waals surface area contributed by atoms with Gasteiger partial charge in [0.1, 0.15) is 5.69 Å². The van der Waals surface area contributed by atoms with E-state index in [4.69, 9.17) is 0 Å². The molecule has 7 nitrogen and oxygen atoms in total. The number of nitro benzene ring substituents is 1. The lowest BCUT2D eigenvalue weighted by atomic mass is 10.1. The summed E-state index contributed by atoms with van der Waals surface area (Å²) in [5, 5.41) is 14.5. The summed E-state index contributed by atoms with van der Waals surface area (Å²) in [5.41, 5.74) is 0.896. The first-order chi connectivity index (χ1) is 9.93. The van der Waals surface area contributed by atoms with Crippen LogP contribution in [0.5, 0.6) is 0 Å². The van der Waals surface area contributed by atoms with Gasteiger partial charge < -0.3 is 15.1 Å². The molecule has 1 amide bonds. The summed E-state index contributed by atoms with van der Waals surface area (Å²) < 4.78 is 0. The van der Waals surface area contributed by atoms with E-state index in [0.29, 0.717) is 17.3 Å². The third-order valence-corrected chi connectivity index (χ3v) is 3.76. The second kappa shape index (κ2) is 6.09. The Bertz CT molecular complexity index is 559. The number of likely N-dealkylation sites (N-methyl/N-ethyl adjacent to an activating group) is 1. The number of carbonyl (C=O) groups excluding carboxylic acids is 1. The molecule has 1 N–H and O–H groups in total. The van der Waals surface area contributed by atoms with Crippen molar-refractivity contribution in [1.29, 1.82) is 0 Å². The molecule has 2 rings (SSSR count). The summed E-state index contributed by atoms with van der Waals surface area (Å²) in [4.78, 5) is 26.2. The second-order valence-electron chi connectivity index (χ2n) is 5.38. The Kier molecular flexibility index (Phi) is 4.42. The van der Waals surface area contributed by atoms with Crippen LogP contribution >= 0.6 is 0 Å². The highest BCUT2D eigenvalue weighted by Gasteiger charge is 2.27. The maximum Gasteiger partial charge on any atom is 0.293 e. The summed E-state index contributed by atoms with van der Waals surface area (Å²) in [6, 6.07) is 5.03. The second-order valence-corrected chi connectivity index (χ2v) is 5.38. The number of benzene rings is 1. The van der Waals surface area contributed by atoms with Gasteiger partial charge in [0.05, 0.1) is 4.92 Å². The fourth-order valence-corrected chi connectivity index (χ4v) is 2.54. The third-order valence-electron chi connectivity index (χ3n) is 3.76. The third kappa shape index (κ3) is 3.13. The maximum absolute atomic E-state index is 11.9. The summed E-state index contributed by atoms with van der Waals surface area (Å²) in [5.74, 6) is -0.237. The van der Waals surface area contributed by atoms with Gasteiger partial charge in [-0.15, -0.1) is 0 Å². The number of nitrogens with zero attached hydrogens (tertiary/aromatic N) is 3. The molecular formula is C14H20N4O3. The highest BCUT2D eigenvalue weighted by atomic mass is 16.6. The molecular weight excluding hydrogens is 272 g/mol. The van der Waals surface area contributed by atoms with Crippen molar-refractivity contribution in [3.05, 3.63) is 33.9 Å². The number of hydrogen-bond acceptors (Lipinski definition) is 5. The zero-order valence-electron chi connectivity index (χ0n) is 12.5. The van der Waals surface area contributed by atoms with Crippen LogP contribution in [0, 0.1) is 10.1 Å². The Hall–Kier alpha value is -2.15. The van der Waals surface area contributed by atoms with E-state index in [9.17, 15) is 14.9 Å². The minimum atomic E-state index is -0.422. The minimum absolute atomic E-state index is 0.0144. The lowest BCUT2D eigenvalue weighted by molar-refractivity contribution is -0.384. The van der Waals surface area contributed by atoms with Crippen molar-refractivity contribution in [3.63, 3.8) is 0 Å². The first kappa shape index (κ1) is 15.2. The number of nitro groups is 1. The molecule has 0 aromatic heterocycles. The van der Waals surface area contributed by atoms with Gasteiger partial charge >= 0.3 is 0 Å². The van der Waals surface area contributed by atoms with Crippen molar-refractivity contribution in [2.75, 3.05) is 39.1 Å². The predicted molar refractivity (Wildman–Crippen MR) is 80.8 cm³/mol. The summed E-state index contributed by atoms with van der Waals surface area (Å²) in [7, 11) is 5.14. The van der Waals surface area contributed by atoms with Gasteiger partial charge in [-0.1, -0.05) is 0 Å². The van der Waals surface area contributed by atoms with Crippen molar-refractivity contribution >= 4 is 17.3 Å². The van der Waals surface area contributed by atoms with Crippen LogP contribution in [0.2, 0.25) is 0 Å². The first-order valence-corrected chi connectivity index (χ1v) is 6.86. The molecule has 0 spiro atoms. The number of rotatable bonds is 4. The van der Waals surface area contributed by atoms with E-state index in [2.05, 4.69) is 5.32 Å². The molecule has 1 atom stereocenters. The number of anilines is 1. The highest BCUT2D eigenvalue weighted by molar-refractivity contribution is 5.95. The summed E-state index contributed by atoms with van der Waals surface area (Å²) in [6.07, 6.45) is 0.950. The van der Waals surface area contributed by atoms with Crippen LogP contribution in [-0.4, -0.2) is 56.0 Å². The van der Waals surface area contributed by atoms with Crippen molar-refractivity contribution in [2.45, 2.75) is 12.5 Å². The van der Waals surface area contributed by atoms with Gasteiger partial charge in [0.15, 0.2) is 0 Å². The molecule has 1 saturated heterocycles. The quantitative estimate of drug-likeness (QED) is 0.664. The monoisotopic (exact) mass is 292 g/mol. The number of hydrogen-bond donors (Lipinski definition) is 1. The van der Waals surface area contributed by atoms with Gasteiger partial charge in [-0.25, -0.2) is 0 Å². The van der Waals surface area contributed by atoms with Gasteiger partial charge in [-0.2, -0.15) is 0 Å². The van der Waals surface area contributed by atoms with Crippen LogP contribution in [0.15, 0.2) is 18.2 Å². The molecule has 1 unspecified atom stereocenters. The summed E-state index contributed by atoms with van der Waals surface area (Å²) >= 11 is 0. The molecule has 1 aromatic rings. The van der Waals surface area contributed by atoms with Gasteiger partial charge in [-0.3, -0.25) is 14.9 Å². The van der Waals surface area contributed by atoms with Crippen LogP contribution in [0.4, 0.5) is 11.4 Å². The normalized spacial score (nSPS) is 17.9. The van der Waals surface area contributed by atoms with Crippen LogP contribution in [0.3, 0.4) is 0 Å². The average molecular weight is 292 g/mol. The fourth-order valence-electron chi connectivity index (χ4n) is 2.54. The Morgan fingerprint density at radius 1 is 1.48 bits per heavy atom. The molecule has 1 aliphatic heterocycles. The molecule has 0 aliphatic carbocycles. The molecule has 1 heterocycles. The van der Waals surface area contributed by atoms with Gasteiger partial charge in [0.2, 0.25) is 0 Å². The molecule has 0 radical (unpaired) electrons. The Balaban J connectivity index is 2.34. The molecule has 1 fully saturated rings. The van der Waals surface area contributed by atoms with Crippen LogP contribution in [-0.2, 0) is 0 Å². The van der Waals surface area contributed by atoms with Gasteiger partial charge in [-0.05, 0) is 25.6 Å². The van der Waals surface area contributed by atoms with E-state index in [1.165, 1.54) is 11.0 Å². The van der Waals surface area contributed by atoms with E-state index in [1.807, 2.05) is 11.9 Å². The fraction of sp³-hybridized carbons (Fsp3) is 0.500. The number of amides is 1. The minimum Gasteiger partial charge on any atom is -0.364 e. The lowest BCUT2D eigenvalue weighted by Crippen LogP contribution is -2.29.